The first-order valence-electron chi connectivity index (χ1n) is 8.54. The first-order chi connectivity index (χ1) is 11.8. The van der Waals surface area contributed by atoms with E-state index >= 15 is 0 Å². The number of halogens is 4. The lowest BCUT2D eigenvalue weighted by atomic mass is 9.80. The summed E-state index contributed by atoms with van der Waals surface area (Å²) in [5.74, 6) is -0.156. The molecule has 1 unspecified atom stereocenters. The van der Waals surface area contributed by atoms with Crippen LogP contribution in [0.5, 0.6) is 5.75 Å². The Balaban J connectivity index is 0.00000109. The molecule has 0 saturated heterocycles. The van der Waals surface area contributed by atoms with E-state index in [1.165, 1.54) is 12.1 Å². The lowest BCUT2D eigenvalue weighted by Crippen LogP contribution is -2.41. The van der Waals surface area contributed by atoms with Gasteiger partial charge in [0.1, 0.15) is 5.75 Å². The van der Waals surface area contributed by atoms with Crippen LogP contribution in [0, 0.1) is 12.8 Å². The van der Waals surface area contributed by atoms with E-state index in [2.05, 4.69) is 0 Å². The highest BCUT2D eigenvalue weighted by molar-refractivity contribution is 6.30. The maximum absolute atomic E-state index is 13.3. The molecule has 2 aliphatic rings. The fraction of sp³-hybridized carbons (Fsp3) is 0.526. The highest BCUT2D eigenvalue weighted by atomic mass is 35.5. The van der Waals surface area contributed by atoms with E-state index in [0.29, 0.717) is 16.1 Å². The van der Waals surface area contributed by atoms with Gasteiger partial charge in [-0.3, -0.25) is 4.79 Å². The van der Waals surface area contributed by atoms with Gasteiger partial charge in [-0.25, -0.2) is 0 Å². The first kappa shape index (κ1) is 19.8. The number of ketones is 1. The Kier molecular flexibility index (Phi) is 6.20. The van der Waals surface area contributed by atoms with Crippen molar-refractivity contribution in [2.75, 3.05) is 0 Å². The van der Waals surface area contributed by atoms with Crippen molar-refractivity contribution in [3.05, 3.63) is 33.9 Å². The Hall–Kier alpha value is -1.49. The molecule has 0 N–H and O–H groups in total. The summed E-state index contributed by atoms with van der Waals surface area (Å²) in [4.78, 5) is 12.4. The summed E-state index contributed by atoms with van der Waals surface area (Å²) in [5.41, 5.74) is 0.620. The predicted octanol–water partition coefficient (Wildman–Crippen LogP) is 6.14. The lowest BCUT2D eigenvalue weighted by molar-refractivity contribution is -0.185. The Labute approximate surface area is 151 Å². The van der Waals surface area contributed by atoms with Gasteiger partial charge in [0.15, 0.2) is 5.78 Å². The molecule has 0 bridgehead atoms. The smallest absolute Gasteiger partial charge is 0.429 e. The quantitative estimate of drug-likeness (QED) is 0.635. The minimum atomic E-state index is -4.63. The summed E-state index contributed by atoms with van der Waals surface area (Å²) in [5, 5.41) is 0.400. The molecule has 1 aromatic rings. The van der Waals surface area contributed by atoms with Crippen molar-refractivity contribution in [1.29, 1.82) is 0 Å². The molecule has 1 saturated carbocycles. The van der Waals surface area contributed by atoms with Gasteiger partial charge in [-0.05, 0) is 36.6 Å². The van der Waals surface area contributed by atoms with Crippen LogP contribution in [0.4, 0.5) is 13.2 Å². The number of carbonyl (C=O) groups excluding carboxylic acids is 1. The third-order valence-electron chi connectivity index (χ3n) is 4.42. The monoisotopic (exact) mass is 374 g/mol. The van der Waals surface area contributed by atoms with Crippen molar-refractivity contribution in [3.8, 4) is 5.75 Å². The summed E-state index contributed by atoms with van der Waals surface area (Å²) >= 11 is 5.96. The molecule has 1 atom stereocenters. The summed E-state index contributed by atoms with van der Waals surface area (Å²) in [6, 6.07) is 3.07. The van der Waals surface area contributed by atoms with Crippen molar-refractivity contribution < 1.29 is 22.7 Å². The number of fused-ring (bicyclic) bond motifs is 1. The second-order valence-corrected chi connectivity index (χ2v) is 6.64. The Morgan fingerprint density at radius 1 is 1.28 bits per heavy atom. The number of alkyl halides is 3. The van der Waals surface area contributed by atoms with E-state index < -0.39 is 18.1 Å². The summed E-state index contributed by atoms with van der Waals surface area (Å²) in [6.45, 7) is 5.63. The lowest BCUT2D eigenvalue weighted by Gasteiger charge is -2.31. The zero-order valence-corrected chi connectivity index (χ0v) is 15.3. The number of benzene rings is 1. The zero-order chi connectivity index (χ0) is 18.8. The minimum absolute atomic E-state index is 0.136. The van der Waals surface area contributed by atoms with Crippen molar-refractivity contribution in [1.82, 2.24) is 0 Å². The number of rotatable bonds is 3. The molecule has 1 aromatic carbocycles. The van der Waals surface area contributed by atoms with Gasteiger partial charge in [0.05, 0.1) is 0 Å². The molecule has 1 aliphatic heterocycles. The van der Waals surface area contributed by atoms with Gasteiger partial charge in [-0.15, -0.1) is 0 Å². The molecule has 0 spiro atoms. The summed E-state index contributed by atoms with van der Waals surface area (Å²) < 4.78 is 45.2. The molecule has 1 aliphatic carbocycles. The van der Waals surface area contributed by atoms with E-state index in [1.54, 1.807) is 13.0 Å². The molecule has 0 amide bonds. The molecule has 0 aromatic heterocycles. The van der Waals surface area contributed by atoms with Crippen molar-refractivity contribution in [2.45, 2.75) is 58.7 Å². The third-order valence-corrected chi connectivity index (χ3v) is 4.63. The van der Waals surface area contributed by atoms with Gasteiger partial charge in [-0.1, -0.05) is 44.7 Å². The van der Waals surface area contributed by atoms with Crippen molar-refractivity contribution in [3.63, 3.8) is 0 Å². The van der Waals surface area contributed by atoms with Gasteiger partial charge in [-0.2, -0.15) is 13.2 Å². The molecule has 3 rings (SSSR count). The van der Waals surface area contributed by atoms with Crippen LogP contribution in [0.25, 0.3) is 6.08 Å². The largest absolute Gasteiger partial charge is 0.475 e. The van der Waals surface area contributed by atoms with Crippen LogP contribution in [0.15, 0.2) is 17.7 Å². The molecule has 25 heavy (non-hydrogen) atoms. The fourth-order valence-corrected chi connectivity index (χ4v) is 3.28. The highest BCUT2D eigenvalue weighted by Gasteiger charge is 2.48. The van der Waals surface area contributed by atoms with Crippen LogP contribution in [0.1, 0.15) is 50.7 Å². The second-order valence-electron chi connectivity index (χ2n) is 6.20. The molecule has 0 radical (unpaired) electrons. The first-order valence-corrected chi connectivity index (χ1v) is 8.92. The average molecular weight is 375 g/mol. The van der Waals surface area contributed by atoms with E-state index in [0.717, 1.165) is 19.3 Å². The molecule has 6 heteroatoms. The Bertz CT molecular complexity index is 676. The van der Waals surface area contributed by atoms with Crippen LogP contribution >= 0.6 is 11.6 Å². The van der Waals surface area contributed by atoms with Crippen LogP contribution in [-0.2, 0) is 4.79 Å². The molecular formula is C19H22ClF3O2. The normalized spacial score (nSPS) is 19.6. The minimum Gasteiger partial charge on any atom is -0.475 e. The van der Waals surface area contributed by atoms with E-state index in [4.69, 9.17) is 16.3 Å². The van der Waals surface area contributed by atoms with Gasteiger partial charge in [0, 0.05) is 22.6 Å². The van der Waals surface area contributed by atoms with Gasteiger partial charge < -0.3 is 4.74 Å². The van der Waals surface area contributed by atoms with E-state index in [9.17, 15) is 18.0 Å². The second kappa shape index (κ2) is 7.81. The summed E-state index contributed by atoms with van der Waals surface area (Å²) in [6.07, 6.45) is -2.56. The summed E-state index contributed by atoms with van der Waals surface area (Å²) in [7, 11) is 0. The standard InChI is InChI=1S/C17H16ClF3O2.C2H6/c1-9-5-12(18)7-11-8-13(14(22)6-10-3-2-4-10)16(17(19,20)21)23-15(9)11;1-2/h5,7-8,10,16H,2-4,6H2,1H3;1-2H3. The van der Waals surface area contributed by atoms with Crippen LogP contribution < -0.4 is 4.74 Å². The number of carbonyl (C=O) groups is 1. The average Bonchev–Trinajstić information content (AvgIpc) is 2.50. The Morgan fingerprint density at radius 3 is 2.44 bits per heavy atom. The zero-order valence-electron chi connectivity index (χ0n) is 14.5. The SMILES string of the molecule is CC.Cc1cc(Cl)cc2c1OC(C(F)(F)F)C(C(=O)CC1CCC1)=C2. The number of ether oxygens (including phenoxy) is 1. The number of aryl methyl sites for hydroxylation is 1. The van der Waals surface area contributed by atoms with Crippen LogP contribution in [-0.4, -0.2) is 18.1 Å². The molecule has 1 heterocycles. The molecular weight excluding hydrogens is 353 g/mol. The third kappa shape index (κ3) is 4.38. The van der Waals surface area contributed by atoms with E-state index in [1.807, 2.05) is 13.8 Å². The highest BCUT2D eigenvalue weighted by Crippen LogP contribution is 2.41. The van der Waals surface area contributed by atoms with Crippen molar-refractivity contribution in [2.24, 2.45) is 5.92 Å². The maximum Gasteiger partial charge on any atom is 0.429 e. The maximum atomic E-state index is 13.3. The van der Waals surface area contributed by atoms with Crippen molar-refractivity contribution >= 4 is 23.5 Å². The topological polar surface area (TPSA) is 26.3 Å². The number of hydrogen-bond acceptors (Lipinski definition) is 2. The molecule has 2 nitrogen and oxygen atoms in total. The molecule has 1 fully saturated rings. The number of hydrogen-bond donors (Lipinski definition) is 0. The Morgan fingerprint density at radius 2 is 1.92 bits per heavy atom. The van der Waals surface area contributed by atoms with Crippen LogP contribution in [0.3, 0.4) is 0 Å². The number of Topliss-reactive ketones (excluding diaryl/α,β-unsaturated/α-hetero) is 1. The van der Waals surface area contributed by atoms with Crippen LogP contribution in [0.2, 0.25) is 5.02 Å². The molecule has 138 valence electrons. The fourth-order valence-electron chi connectivity index (χ4n) is 3.00. The predicted molar refractivity (Wildman–Crippen MR) is 93.0 cm³/mol. The van der Waals surface area contributed by atoms with Gasteiger partial charge in [0.2, 0.25) is 6.10 Å². The van der Waals surface area contributed by atoms with Gasteiger partial charge in [0.25, 0.3) is 0 Å². The van der Waals surface area contributed by atoms with Gasteiger partial charge >= 0.3 is 6.18 Å². The van der Waals surface area contributed by atoms with E-state index in [-0.39, 0.29) is 23.7 Å².